The molecule has 32 heavy (non-hydrogen) atoms. The van der Waals surface area contributed by atoms with Crippen molar-refractivity contribution in [1.82, 2.24) is 0 Å². The Morgan fingerprint density at radius 1 is 0.469 bits per heavy atom. The molecule has 0 amide bonds. The zero-order valence-electron chi connectivity index (χ0n) is 20.0. The highest BCUT2D eigenvalue weighted by molar-refractivity contribution is 6.07. The summed E-state index contributed by atoms with van der Waals surface area (Å²) in [7, 11) is 13.6. The van der Waals surface area contributed by atoms with Gasteiger partial charge in [0.05, 0.1) is 42.3 Å². The number of hydrogen-bond donors (Lipinski definition) is 0. The predicted molar refractivity (Wildman–Crippen MR) is 130 cm³/mol. The highest BCUT2D eigenvalue weighted by Crippen LogP contribution is 2.40. The summed E-state index contributed by atoms with van der Waals surface area (Å²) in [4.78, 5) is 0. The normalized spacial score (nSPS) is 11.8. The summed E-state index contributed by atoms with van der Waals surface area (Å²) in [6.07, 6.45) is 0. The maximum Gasteiger partial charge on any atom is 0.104 e. The van der Waals surface area contributed by atoms with Crippen LogP contribution in [-0.2, 0) is 13.1 Å². The van der Waals surface area contributed by atoms with Crippen molar-refractivity contribution in [2.24, 2.45) is 0 Å². The average Bonchev–Trinajstić information content (AvgIpc) is 2.66. The highest BCUT2D eigenvalue weighted by atomic mass is 79.9. The number of quaternary nitrogens is 2. The molecule has 0 spiro atoms. The first kappa shape index (κ1) is 26.5. The Morgan fingerprint density at radius 2 is 0.812 bits per heavy atom. The number of nitrogens with zero attached hydrogens (tertiary/aromatic N) is 2. The molecule has 0 atom stereocenters. The van der Waals surface area contributed by atoms with Crippen molar-refractivity contribution in [3.8, 4) is 11.1 Å². The third-order valence-corrected chi connectivity index (χ3v) is 5.57. The molecule has 0 N–H and O–H groups in total. The predicted octanol–water partition coefficient (Wildman–Crippen LogP) is 0.0804. The van der Waals surface area contributed by atoms with Gasteiger partial charge in [-0.2, -0.15) is 0 Å². The molecule has 0 heterocycles. The smallest absolute Gasteiger partial charge is 0.104 e. The number of halogens is 2. The molecule has 0 saturated heterocycles. The standard InChI is InChI=1S/C28H34N2.2BrH/c1-29(2,3)19-23-17-15-21-11-7-9-13-25(21)27(23)28-24(20-30(4,5)6)18-16-22-12-8-10-14-26(22)28;;/h7-18H,19-20H2,1-6H3;2*1H/q+2;;/p-2. The van der Waals surface area contributed by atoms with E-state index >= 15 is 0 Å². The van der Waals surface area contributed by atoms with Crippen LogP contribution >= 0.6 is 0 Å². The lowest BCUT2D eigenvalue weighted by Gasteiger charge is -2.29. The van der Waals surface area contributed by atoms with Crippen LogP contribution in [0.15, 0.2) is 72.8 Å². The van der Waals surface area contributed by atoms with Crippen molar-refractivity contribution in [2.45, 2.75) is 13.1 Å². The molecule has 0 aliphatic carbocycles. The van der Waals surface area contributed by atoms with Crippen LogP contribution < -0.4 is 34.0 Å². The number of fused-ring (bicyclic) bond motifs is 2. The third kappa shape index (κ3) is 5.79. The summed E-state index contributed by atoms with van der Waals surface area (Å²) in [5.41, 5.74) is 5.64. The maximum atomic E-state index is 2.35. The second-order valence-electron chi connectivity index (χ2n) is 10.5. The van der Waals surface area contributed by atoms with Gasteiger partial charge in [0, 0.05) is 11.1 Å². The first-order valence-electron chi connectivity index (χ1n) is 10.7. The molecule has 2 nitrogen and oxygen atoms in total. The van der Waals surface area contributed by atoms with Gasteiger partial charge in [0.2, 0.25) is 0 Å². The Kier molecular flexibility index (Phi) is 8.33. The van der Waals surface area contributed by atoms with Crippen LogP contribution in [0.4, 0.5) is 0 Å². The fourth-order valence-electron chi connectivity index (χ4n) is 4.51. The first-order chi connectivity index (χ1) is 14.1. The van der Waals surface area contributed by atoms with Crippen LogP contribution in [0.2, 0.25) is 0 Å². The number of hydrogen-bond acceptors (Lipinski definition) is 0. The molecule has 0 aliphatic rings. The molecule has 0 aliphatic heterocycles. The molecule has 170 valence electrons. The summed E-state index contributed by atoms with van der Waals surface area (Å²) in [6, 6.07) is 26.9. The SMILES string of the molecule is C[N+](C)(C)Cc1ccc2ccccc2c1-c1c(C[N+](C)(C)C)ccc2ccccc12.[Br-].[Br-]. The van der Waals surface area contributed by atoms with E-state index in [0.717, 1.165) is 22.1 Å². The zero-order chi connectivity index (χ0) is 21.5. The van der Waals surface area contributed by atoms with Crippen molar-refractivity contribution in [3.05, 3.63) is 83.9 Å². The molecule has 0 fully saturated rings. The molecule has 0 bridgehead atoms. The summed E-state index contributed by atoms with van der Waals surface area (Å²) >= 11 is 0. The van der Waals surface area contributed by atoms with Crippen LogP contribution in [-0.4, -0.2) is 51.3 Å². The van der Waals surface area contributed by atoms with Gasteiger partial charge >= 0.3 is 0 Å². The van der Waals surface area contributed by atoms with Gasteiger partial charge in [-0.3, -0.25) is 0 Å². The molecule has 0 unspecified atom stereocenters. The van der Waals surface area contributed by atoms with E-state index < -0.39 is 0 Å². The molecule has 0 aromatic heterocycles. The molecule has 4 aromatic carbocycles. The van der Waals surface area contributed by atoms with E-state index in [2.05, 4.69) is 115 Å². The van der Waals surface area contributed by atoms with E-state index in [9.17, 15) is 0 Å². The fraction of sp³-hybridized carbons (Fsp3) is 0.286. The fourth-order valence-corrected chi connectivity index (χ4v) is 4.51. The van der Waals surface area contributed by atoms with E-state index in [-0.39, 0.29) is 34.0 Å². The molecule has 0 saturated carbocycles. The van der Waals surface area contributed by atoms with Gasteiger partial charge < -0.3 is 42.9 Å². The van der Waals surface area contributed by atoms with E-state index in [1.807, 2.05) is 0 Å². The summed E-state index contributed by atoms with van der Waals surface area (Å²) < 4.78 is 1.81. The minimum absolute atomic E-state index is 0. The second-order valence-corrected chi connectivity index (χ2v) is 10.5. The van der Waals surface area contributed by atoms with E-state index in [1.54, 1.807) is 0 Å². The first-order valence-corrected chi connectivity index (χ1v) is 10.7. The van der Waals surface area contributed by atoms with Gasteiger partial charge in [0.15, 0.2) is 0 Å². The quantitative estimate of drug-likeness (QED) is 0.305. The van der Waals surface area contributed by atoms with Gasteiger partial charge in [-0.1, -0.05) is 72.8 Å². The van der Waals surface area contributed by atoms with Crippen molar-refractivity contribution >= 4 is 21.5 Å². The third-order valence-electron chi connectivity index (χ3n) is 5.57. The Balaban J connectivity index is 0.00000181. The van der Waals surface area contributed by atoms with Crippen molar-refractivity contribution < 1.29 is 42.9 Å². The van der Waals surface area contributed by atoms with Gasteiger partial charge in [0.1, 0.15) is 13.1 Å². The van der Waals surface area contributed by atoms with Gasteiger partial charge in [-0.15, -0.1) is 0 Å². The Morgan fingerprint density at radius 3 is 1.16 bits per heavy atom. The Labute approximate surface area is 214 Å². The van der Waals surface area contributed by atoms with E-state index in [0.29, 0.717) is 0 Å². The number of rotatable bonds is 5. The summed E-state index contributed by atoms with van der Waals surface area (Å²) in [5, 5.41) is 5.31. The van der Waals surface area contributed by atoms with Crippen LogP contribution in [0.25, 0.3) is 32.7 Å². The molecular formula is C28H34Br2N2. The van der Waals surface area contributed by atoms with Crippen molar-refractivity contribution in [1.29, 1.82) is 0 Å². The van der Waals surface area contributed by atoms with Crippen LogP contribution in [0.5, 0.6) is 0 Å². The monoisotopic (exact) mass is 556 g/mol. The van der Waals surface area contributed by atoms with Crippen LogP contribution in [0.1, 0.15) is 11.1 Å². The maximum absolute atomic E-state index is 2.35. The van der Waals surface area contributed by atoms with Crippen LogP contribution in [0, 0.1) is 0 Å². The lowest BCUT2D eigenvalue weighted by molar-refractivity contribution is -0.884. The van der Waals surface area contributed by atoms with E-state index in [4.69, 9.17) is 0 Å². The second kappa shape index (κ2) is 10.0. The van der Waals surface area contributed by atoms with Crippen LogP contribution in [0.3, 0.4) is 0 Å². The summed E-state index contributed by atoms with van der Waals surface area (Å²) in [6.45, 7) is 1.99. The van der Waals surface area contributed by atoms with Crippen molar-refractivity contribution in [3.63, 3.8) is 0 Å². The molecular weight excluding hydrogens is 524 g/mol. The molecule has 4 rings (SSSR count). The van der Waals surface area contributed by atoms with Gasteiger partial charge in [-0.25, -0.2) is 0 Å². The molecule has 4 heteroatoms. The minimum atomic E-state index is 0. The zero-order valence-corrected chi connectivity index (χ0v) is 23.2. The summed E-state index contributed by atoms with van der Waals surface area (Å²) in [5.74, 6) is 0. The lowest BCUT2D eigenvalue weighted by atomic mass is 9.86. The molecule has 4 aromatic rings. The number of benzene rings is 4. The van der Waals surface area contributed by atoms with Gasteiger partial charge in [0.25, 0.3) is 0 Å². The van der Waals surface area contributed by atoms with Crippen molar-refractivity contribution in [2.75, 3.05) is 42.3 Å². The average molecular weight is 558 g/mol. The lowest BCUT2D eigenvalue weighted by Crippen LogP contribution is -3.00. The highest BCUT2D eigenvalue weighted by Gasteiger charge is 2.22. The van der Waals surface area contributed by atoms with Gasteiger partial charge in [-0.05, 0) is 32.7 Å². The molecule has 0 radical (unpaired) electrons. The Hall–Kier alpha value is -1.72. The largest absolute Gasteiger partial charge is 1.00 e. The Bertz CT molecular complexity index is 1120. The topological polar surface area (TPSA) is 0 Å². The minimum Gasteiger partial charge on any atom is -1.00 e. The van der Waals surface area contributed by atoms with E-state index in [1.165, 1.54) is 43.8 Å².